The molecule has 200 valence electrons. The molecule has 0 radical (unpaired) electrons. The van der Waals surface area contributed by atoms with Crippen LogP contribution in [0.5, 0.6) is 5.88 Å². The highest BCUT2D eigenvalue weighted by molar-refractivity contribution is 6.07. The van der Waals surface area contributed by atoms with Crippen molar-refractivity contribution in [1.29, 1.82) is 0 Å². The number of hydrogen-bond donors (Lipinski definition) is 1. The standard InChI is InChI=1S/C32H31FN2O4/c1-39-29-14-24(8-10-34-29)23-4-2-20(3-5-23)19-35-11-9-25-27(33)7-6-26(31(25)35)28(36)12-21-15-32(16-21)17-22(18-32)13-30(37)38/h2-11,14,21-22H,12-13,15-19H2,1H3,(H,37,38). The maximum absolute atomic E-state index is 14.7. The lowest BCUT2D eigenvalue weighted by molar-refractivity contribution is -0.142. The van der Waals surface area contributed by atoms with Crippen molar-refractivity contribution in [3.05, 3.63) is 83.9 Å². The number of carbonyl (C=O) groups is 2. The second kappa shape index (κ2) is 9.95. The Labute approximate surface area is 226 Å². The van der Waals surface area contributed by atoms with Crippen LogP contribution in [0.25, 0.3) is 22.0 Å². The van der Waals surface area contributed by atoms with Gasteiger partial charge < -0.3 is 14.4 Å². The lowest BCUT2D eigenvalue weighted by Crippen LogP contribution is -2.48. The summed E-state index contributed by atoms with van der Waals surface area (Å²) in [4.78, 5) is 28.5. The van der Waals surface area contributed by atoms with Crippen molar-refractivity contribution >= 4 is 22.7 Å². The normalized spacial score (nSPS) is 21.9. The first-order chi connectivity index (χ1) is 18.8. The summed E-state index contributed by atoms with van der Waals surface area (Å²) >= 11 is 0. The van der Waals surface area contributed by atoms with Gasteiger partial charge in [0.25, 0.3) is 0 Å². The molecule has 2 saturated carbocycles. The number of aliphatic carboxylic acids is 1. The number of hydrogen-bond acceptors (Lipinski definition) is 4. The summed E-state index contributed by atoms with van der Waals surface area (Å²) in [5.41, 5.74) is 4.54. The van der Waals surface area contributed by atoms with Crippen molar-refractivity contribution < 1.29 is 23.8 Å². The molecule has 6 rings (SSSR count). The molecular formula is C32H31FN2O4. The van der Waals surface area contributed by atoms with Crippen LogP contribution in [0.3, 0.4) is 0 Å². The number of Topliss-reactive ketones (excluding diaryl/α,β-unsaturated/α-hetero) is 1. The number of pyridine rings is 1. The Morgan fingerprint density at radius 1 is 1.00 bits per heavy atom. The van der Waals surface area contributed by atoms with Crippen LogP contribution in [0.15, 0.2) is 67.0 Å². The maximum atomic E-state index is 14.7. The molecule has 2 fully saturated rings. The summed E-state index contributed by atoms with van der Waals surface area (Å²) in [5, 5.41) is 9.47. The molecule has 0 bridgehead atoms. The Morgan fingerprint density at radius 2 is 1.72 bits per heavy atom. The summed E-state index contributed by atoms with van der Waals surface area (Å²) in [6.45, 7) is 0.519. The first-order valence-corrected chi connectivity index (χ1v) is 13.4. The van der Waals surface area contributed by atoms with E-state index in [1.807, 2.05) is 47.2 Å². The largest absolute Gasteiger partial charge is 0.481 e. The molecule has 2 aromatic carbocycles. The molecule has 0 atom stereocenters. The third kappa shape index (κ3) is 4.93. The quantitative estimate of drug-likeness (QED) is 0.244. The second-order valence-corrected chi connectivity index (χ2v) is 11.4. The summed E-state index contributed by atoms with van der Waals surface area (Å²) < 4.78 is 21.9. The molecule has 2 aliphatic carbocycles. The smallest absolute Gasteiger partial charge is 0.303 e. The van der Waals surface area contributed by atoms with Crippen LogP contribution < -0.4 is 4.74 Å². The Hall–Kier alpha value is -4.00. The molecular weight excluding hydrogens is 495 g/mol. The van der Waals surface area contributed by atoms with E-state index in [-0.39, 0.29) is 29.4 Å². The minimum Gasteiger partial charge on any atom is -0.481 e. The third-order valence-electron chi connectivity index (χ3n) is 8.58. The van der Waals surface area contributed by atoms with Crippen LogP contribution in [0, 0.1) is 23.1 Å². The average molecular weight is 527 g/mol. The number of methoxy groups -OCH3 is 1. The van der Waals surface area contributed by atoms with Gasteiger partial charge in [0.15, 0.2) is 5.78 Å². The number of carbonyl (C=O) groups excluding carboxylic acids is 1. The summed E-state index contributed by atoms with van der Waals surface area (Å²) in [7, 11) is 1.59. The zero-order valence-electron chi connectivity index (χ0n) is 21.9. The Bertz CT molecular complexity index is 1540. The second-order valence-electron chi connectivity index (χ2n) is 11.4. The highest BCUT2D eigenvalue weighted by Crippen LogP contribution is 2.62. The number of benzene rings is 2. The van der Waals surface area contributed by atoms with E-state index in [1.165, 1.54) is 6.07 Å². The van der Waals surface area contributed by atoms with Gasteiger partial charge in [-0.1, -0.05) is 24.3 Å². The van der Waals surface area contributed by atoms with Gasteiger partial charge in [0, 0.05) is 48.8 Å². The lowest BCUT2D eigenvalue weighted by Gasteiger charge is -2.58. The number of aromatic nitrogens is 2. The first kappa shape index (κ1) is 25.3. The molecule has 2 aromatic heterocycles. The molecule has 39 heavy (non-hydrogen) atoms. The van der Waals surface area contributed by atoms with Gasteiger partial charge in [-0.3, -0.25) is 9.59 Å². The van der Waals surface area contributed by atoms with Gasteiger partial charge in [0.2, 0.25) is 5.88 Å². The van der Waals surface area contributed by atoms with E-state index in [0.717, 1.165) is 42.4 Å². The summed E-state index contributed by atoms with van der Waals surface area (Å²) in [5.74, 6) is 0.134. The van der Waals surface area contributed by atoms with Crippen molar-refractivity contribution in [2.75, 3.05) is 7.11 Å². The number of fused-ring (bicyclic) bond motifs is 1. The van der Waals surface area contributed by atoms with Crippen molar-refractivity contribution in [2.24, 2.45) is 17.3 Å². The molecule has 1 spiro atoms. The van der Waals surface area contributed by atoms with Gasteiger partial charge >= 0.3 is 5.97 Å². The Morgan fingerprint density at radius 3 is 2.41 bits per heavy atom. The Kier molecular flexibility index (Phi) is 6.45. The van der Waals surface area contributed by atoms with Crippen LogP contribution in [0.4, 0.5) is 4.39 Å². The van der Waals surface area contributed by atoms with Gasteiger partial charge in [-0.2, -0.15) is 0 Å². The lowest BCUT2D eigenvalue weighted by atomic mass is 9.47. The first-order valence-electron chi connectivity index (χ1n) is 13.4. The van der Waals surface area contributed by atoms with Gasteiger partial charge in [0.1, 0.15) is 5.82 Å². The number of ketones is 1. The Balaban J connectivity index is 1.16. The molecule has 1 N–H and O–H groups in total. The van der Waals surface area contributed by atoms with E-state index in [4.69, 9.17) is 9.84 Å². The third-order valence-corrected chi connectivity index (χ3v) is 8.58. The summed E-state index contributed by atoms with van der Waals surface area (Å²) in [6, 6.07) is 16.7. The average Bonchev–Trinajstić information content (AvgIpc) is 3.31. The molecule has 2 aliphatic rings. The van der Waals surface area contributed by atoms with Crippen LogP contribution in [-0.2, 0) is 11.3 Å². The van der Waals surface area contributed by atoms with E-state index in [2.05, 4.69) is 4.98 Å². The number of nitrogens with zero attached hydrogens (tertiary/aromatic N) is 2. The number of ether oxygens (including phenoxy) is 1. The monoisotopic (exact) mass is 526 g/mol. The van der Waals surface area contributed by atoms with Crippen LogP contribution in [0.1, 0.15) is 54.4 Å². The molecule has 0 saturated heterocycles. The maximum Gasteiger partial charge on any atom is 0.303 e. The minimum absolute atomic E-state index is 0.0446. The fraction of sp³-hybridized carbons (Fsp3) is 0.344. The summed E-state index contributed by atoms with van der Waals surface area (Å²) in [6.07, 6.45) is 8.14. The molecule has 7 heteroatoms. The van der Waals surface area contributed by atoms with E-state index in [1.54, 1.807) is 25.4 Å². The van der Waals surface area contributed by atoms with Gasteiger partial charge in [0.05, 0.1) is 12.6 Å². The van der Waals surface area contributed by atoms with E-state index in [9.17, 15) is 14.0 Å². The number of carboxylic acids is 1. The molecule has 6 nitrogen and oxygen atoms in total. The van der Waals surface area contributed by atoms with Gasteiger partial charge in [-0.25, -0.2) is 9.37 Å². The molecule has 0 unspecified atom stereocenters. The predicted octanol–water partition coefficient (Wildman–Crippen LogP) is 6.75. The molecule has 4 aromatic rings. The van der Waals surface area contributed by atoms with E-state index >= 15 is 0 Å². The zero-order valence-corrected chi connectivity index (χ0v) is 21.9. The van der Waals surface area contributed by atoms with E-state index in [0.29, 0.717) is 41.2 Å². The van der Waals surface area contributed by atoms with Crippen molar-refractivity contribution in [3.8, 4) is 17.0 Å². The number of carboxylic acid groups (broad SMARTS) is 1. The number of halogens is 1. The fourth-order valence-corrected chi connectivity index (χ4v) is 6.92. The zero-order chi connectivity index (χ0) is 27.1. The topological polar surface area (TPSA) is 81.4 Å². The fourth-order valence-electron chi connectivity index (χ4n) is 6.92. The van der Waals surface area contributed by atoms with Crippen molar-refractivity contribution in [2.45, 2.75) is 45.1 Å². The highest BCUT2D eigenvalue weighted by Gasteiger charge is 2.53. The van der Waals surface area contributed by atoms with Crippen molar-refractivity contribution in [1.82, 2.24) is 9.55 Å². The van der Waals surface area contributed by atoms with E-state index < -0.39 is 5.97 Å². The van der Waals surface area contributed by atoms with Gasteiger partial charge in [-0.05, 0) is 83.9 Å². The van der Waals surface area contributed by atoms with Crippen LogP contribution in [-0.4, -0.2) is 33.5 Å². The SMILES string of the molecule is COc1cc(-c2ccc(Cn3ccc4c(F)ccc(C(=O)CC5CC6(CC(CC(=O)O)C6)C5)c43)cc2)ccn1. The number of rotatable bonds is 9. The van der Waals surface area contributed by atoms with Crippen molar-refractivity contribution in [3.63, 3.8) is 0 Å². The molecule has 0 aliphatic heterocycles. The van der Waals surface area contributed by atoms with Crippen LogP contribution >= 0.6 is 0 Å². The molecule has 2 heterocycles. The molecule has 0 amide bonds. The highest BCUT2D eigenvalue weighted by atomic mass is 19.1. The predicted molar refractivity (Wildman–Crippen MR) is 146 cm³/mol. The van der Waals surface area contributed by atoms with Crippen LogP contribution in [0.2, 0.25) is 0 Å². The minimum atomic E-state index is -0.727. The van der Waals surface area contributed by atoms with Gasteiger partial charge in [-0.15, -0.1) is 0 Å².